The van der Waals surface area contributed by atoms with Crippen molar-refractivity contribution in [3.63, 3.8) is 0 Å². The van der Waals surface area contributed by atoms with Gasteiger partial charge in [0.1, 0.15) is 0 Å². The third-order valence-electron chi connectivity index (χ3n) is 0.539. The van der Waals surface area contributed by atoms with Gasteiger partial charge in [0.25, 0.3) is 0 Å². The zero-order valence-corrected chi connectivity index (χ0v) is 5.54. The van der Waals surface area contributed by atoms with Gasteiger partial charge in [-0.2, -0.15) is 13.2 Å². The summed E-state index contributed by atoms with van der Waals surface area (Å²) in [6, 6.07) is 0. The van der Waals surface area contributed by atoms with Crippen molar-refractivity contribution in [2.45, 2.75) is 6.18 Å². The van der Waals surface area contributed by atoms with Crippen LogP contribution in [0.4, 0.5) is 13.2 Å². The first-order valence-electron chi connectivity index (χ1n) is 2.22. The fourth-order valence-corrected chi connectivity index (χ4v) is 0.514. The normalized spacial score (nSPS) is 16.0. The van der Waals surface area contributed by atoms with Gasteiger partial charge in [-0.1, -0.05) is 17.2 Å². The van der Waals surface area contributed by atoms with E-state index in [0.717, 1.165) is 0 Å². The summed E-state index contributed by atoms with van der Waals surface area (Å²) in [6.07, 6.45) is -3.98. The minimum Gasteiger partial charge on any atom is -0.772 e. The van der Waals surface area contributed by atoms with Crippen LogP contribution in [-0.2, 0) is 11.1 Å². The van der Waals surface area contributed by atoms with Crippen LogP contribution in [0.5, 0.6) is 0 Å². The zero-order chi connectivity index (χ0) is 8.20. The second kappa shape index (κ2) is 3.72. The summed E-state index contributed by atoms with van der Waals surface area (Å²) in [4.78, 5) is 0. The summed E-state index contributed by atoms with van der Waals surface area (Å²) in [6.45, 7) is 0. The quantitative estimate of drug-likeness (QED) is 0.461. The molecule has 1 unspecified atom stereocenters. The molecule has 0 fully saturated rings. The van der Waals surface area contributed by atoms with Crippen LogP contribution in [0.3, 0.4) is 0 Å². The van der Waals surface area contributed by atoms with Gasteiger partial charge in [0.2, 0.25) is 0 Å². The zero-order valence-electron chi connectivity index (χ0n) is 4.72. The molecule has 0 aromatic rings. The summed E-state index contributed by atoms with van der Waals surface area (Å²) in [7, 11) is 0. The van der Waals surface area contributed by atoms with E-state index in [2.05, 4.69) is 0 Å². The van der Waals surface area contributed by atoms with Gasteiger partial charge >= 0.3 is 6.18 Å². The molecule has 0 aliphatic heterocycles. The molecule has 0 aliphatic carbocycles. The lowest BCUT2D eigenvalue weighted by Crippen LogP contribution is -2.02. The Bertz CT molecular complexity index is 151. The smallest absolute Gasteiger partial charge is 0.409 e. The maximum absolute atomic E-state index is 11.2. The van der Waals surface area contributed by atoms with Crippen molar-refractivity contribution in [3.8, 4) is 0 Å². The fraction of sp³-hybridized carbons (Fsp3) is 0.500. The van der Waals surface area contributed by atoms with Crippen LogP contribution in [0, 0.1) is 0 Å². The largest absolute Gasteiger partial charge is 0.772 e. The van der Waals surface area contributed by atoms with Crippen LogP contribution >= 0.6 is 0 Å². The summed E-state index contributed by atoms with van der Waals surface area (Å²) in [5, 5.41) is 0. The topological polar surface area (TPSA) is 40.1 Å². The lowest BCUT2D eigenvalue weighted by Gasteiger charge is -1.99. The average molecular weight is 173 g/mol. The molecule has 1 atom stereocenters. The summed E-state index contributed by atoms with van der Waals surface area (Å²) in [5.74, 6) is -0.598. The molecule has 0 amide bonds. The first kappa shape index (κ1) is 9.64. The third kappa shape index (κ3) is 7.64. The molecule has 0 N–H and O–H groups in total. The van der Waals surface area contributed by atoms with E-state index in [9.17, 15) is 21.9 Å². The van der Waals surface area contributed by atoms with Crippen molar-refractivity contribution in [2.75, 3.05) is 5.75 Å². The molecular formula is C4H4F3O2S-. The van der Waals surface area contributed by atoms with E-state index in [1.165, 1.54) is 0 Å². The Hall–Kier alpha value is -0.360. The van der Waals surface area contributed by atoms with Crippen molar-refractivity contribution in [2.24, 2.45) is 0 Å². The molecule has 0 saturated carbocycles. The van der Waals surface area contributed by atoms with Gasteiger partial charge in [0, 0.05) is 11.8 Å². The molecule has 0 saturated heterocycles. The van der Waals surface area contributed by atoms with E-state index in [1.54, 1.807) is 0 Å². The first-order chi connectivity index (χ1) is 4.42. The maximum Gasteiger partial charge on any atom is 0.409 e. The maximum atomic E-state index is 11.2. The number of hydrogen-bond donors (Lipinski definition) is 0. The Morgan fingerprint density at radius 2 is 2.00 bits per heavy atom. The predicted molar refractivity (Wildman–Crippen MR) is 29.0 cm³/mol. The van der Waals surface area contributed by atoms with E-state index >= 15 is 0 Å². The predicted octanol–water partition coefficient (Wildman–Crippen LogP) is 0.984. The van der Waals surface area contributed by atoms with Crippen LogP contribution < -0.4 is 0 Å². The van der Waals surface area contributed by atoms with E-state index < -0.39 is 23.0 Å². The number of rotatable bonds is 2. The molecule has 6 heteroatoms. The fourth-order valence-electron chi connectivity index (χ4n) is 0.260. The van der Waals surface area contributed by atoms with Gasteiger partial charge in [-0.25, -0.2) is 0 Å². The number of alkyl halides is 3. The molecule has 0 rings (SSSR count). The van der Waals surface area contributed by atoms with Crippen LogP contribution in [-0.4, -0.2) is 20.7 Å². The molecule has 0 aromatic carbocycles. The Labute approximate surface area is 58.0 Å². The highest BCUT2D eigenvalue weighted by Gasteiger charge is 2.21. The van der Waals surface area contributed by atoms with E-state index in [4.69, 9.17) is 0 Å². The highest BCUT2D eigenvalue weighted by Crippen LogP contribution is 2.15. The van der Waals surface area contributed by atoms with Crippen LogP contribution in [0.25, 0.3) is 0 Å². The standard InChI is InChI=1S/C4H5F3O2S/c5-4(6,7)2-1-3-10(8)9/h1-2H,3H2,(H,8,9)/p-1. The van der Waals surface area contributed by atoms with Gasteiger partial charge in [-0.15, -0.1) is 0 Å². The van der Waals surface area contributed by atoms with Crippen LogP contribution in [0.15, 0.2) is 12.2 Å². The highest BCUT2D eigenvalue weighted by atomic mass is 32.2. The van der Waals surface area contributed by atoms with Gasteiger partial charge in [-0.05, 0) is 0 Å². The molecule has 0 bridgehead atoms. The molecule has 10 heavy (non-hydrogen) atoms. The second-order valence-corrected chi connectivity index (χ2v) is 2.36. The van der Waals surface area contributed by atoms with Gasteiger partial charge in [0.15, 0.2) is 0 Å². The molecule has 0 aromatic heterocycles. The molecular weight excluding hydrogens is 169 g/mol. The monoisotopic (exact) mass is 173 g/mol. The lowest BCUT2D eigenvalue weighted by molar-refractivity contribution is -0.0799. The Morgan fingerprint density at radius 3 is 2.30 bits per heavy atom. The van der Waals surface area contributed by atoms with Crippen molar-refractivity contribution < 1.29 is 21.9 Å². The van der Waals surface area contributed by atoms with Gasteiger partial charge < -0.3 is 4.55 Å². The summed E-state index contributed by atoms with van der Waals surface area (Å²) >= 11 is -2.44. The minimum absolute atomic E-state index is 0.108. The van der Waals surface area contributed by atoms with Gasteiger partial charge in [0.05, 0.1) is 0 Å². The Morgan fingerprint density at radius 1 is 1.50 bits per heavy atom. The molecule has 0 aliphatic rings. The Kier molecular flexibility index (Phi) is 3.59. The number of allylic oxidation sites excluding steroid dienone is 1. The number of halogens is 3. The van der Waals surface area contributed by atoms with E-state index in [-0.39, 0.29) is 6.08 Å². The molecule has 0 spiro atoms. The minimum atomic E-state index is -4.42. The SMILES string of the molecule is O=S([O-])CC=CC(F)(F)F. The van der Waals surface area contributed by atoms with E-state index in [1.807, 2.05) is 0 Å². The van der Waals surface area contributed by atoms with Crippen LogP contribution in [0.2, 0.25) is 0 Å². The van der Waals surface area contributed by atoms with Crippen LogP contribution in [0.1, 0.15) is 0 Å². The van der Waals surface area contributed by atoms with Crippen molar-refractivity contribution in [1.82, 2.24) is 0 Å². The lowest BCUT2D eigenvalue weighted by atomic mass is 10.5. The van der Waals surface area contributed by atoms with Crippen molar-refractivity contribution in [1.29, 1.82) is 0 Å². The highest BCUT2D eigenvalue weighted by molar-refractivity contribution is 7.79. The average Bonchev–Trinajstić information content (AvgIpc) is 1.59. The molecule has 0 radical (unpaired) electrons. The molecule has 60 valence electrons. The molecule has 0 heterocycles. The van der Waals surface area contributed by atoms with Crippen molar-refractivity contribution in [3.05, 3.63) is 12.2 Å². The van der Waals surface area contributed by atoms with E-state index in [0.29, 0.717) is 6.08 Å². The number of hydrogen-bond acceptors (Lipinski definition) is 2. The second-order valence-electron chi connectivity index (χ2n) is 1.41. The first-order valence-corrected chi connectivity index (χ1v) is 3.46. The summed E-state index contributed by atoms with van der Waals surface area (Å²) in [5.41, 5.74) is 0. The molecule has 2 nitrogen and oxygen atoms in total. The van der Waals surface area contributed by atoms with Crippen molar-refractivity contribution >= 4 is 11.1 Å². The summed E-state index contributed by atoms with van der Waals surface area (Å²) < 4.78 is 53.0. The third-order valence-corrected chi connectivity index (χ3v) is 1.00. The van der Waals surface area contributed by atoms with Gasteiger partial charge in [-0.3, -0.25) is 4.21 Å². The Balaban J connectivity index is 3.67.